The molecule has 24 heavy (non-hydrogen) atoms. The number of halogens is 1. The Kier molecular flexibility index (Phi) is 3.78. The summed E-state index contributed by atoms with van der Waals surface area (Å²) in [5.41, 5.74) is 10.1. The zero-order chi connectivity index (χ0) is 16.5. The Morgan fingerprint density at radius 1 is 1.04 bits per heavy atom. The van der Waals surface area contributed by atoms with Crippen LogP contribution in [0.15, 0.2) is 71.5 Å². The summed E-state index contributed by atoms with van der Waals surface area (Å²) in [7, 11) is 0. The van der Waals surface area contributed by atoms with Gasteiger partial charge in [0.05, 0.1) is 5.69 Å². The van der Waals surface area contributed by atoms with Gasteiger partial charge in [-0.25, -0.2) is 9.97 Å². The van der Waals surface area contributed by atoms with Crippen molar-refractivity contribution in [2.24, 2.45) is 0 Å². The molecule has 0 fully saturated rings. The summed E-state index contributed by atoms with van der Waals surface area (Å²) < 4.78 is 3.28. The van der Waals surface area contributed by atoms with Crippen LogP contribution in [0.4, 0.5) is 5.95 Å². The number of nitrogens with zero attached hydrogens (tertiary/aromatic N) is 3. The topological polar surface area (TPSA) is 56.7 Å². The minimum atomic E-state index is 0.284. The minimum absolute atomic E-state index is 0.284. The van der Waals surface area contributed by atoms with Gasteiger partial charge in [-0.3, -0.25) is 0 Å². The highest BCUT2D eigenvalue weighted by Crippen LogP contribution is 2.32. The van der Waals surface area contributed by atoms with Gasteiger partial charge in [-0.2, -0.15) is 0 Å². The molecule has 118 valence electrons. The van der Waals surface area contributed by atoms with Crippen LogP contribution in [0, 0.1) is 0 Å². The molecule has 0 spiro atoms. The van der Waals surface area contributed by atoms with Gasteiger partial charge in [0, 0.05) is 39.9 Å². The van der Waals surface area contributed by atoms with Crippen LogP contribution in [0.25, 0.3) is 22.2 Å². The van der Waals surface area contributed by atoms with E-state index < -0.39 is 0 Å². The molecule has 0 aliphatic rings. The van der Waals surface area contributed by atoms with Crippen LogP contribution in [0.1, 0.15) is 5.56 Å². The van der Waals surface area contributed by atoms with Crippen molar-refractivity contribution in [3.8, 4) is 11.3 Å². The average Bonchev–Trinajstić information content (AvgIpc) is 2.93. The number of hydrogen-bond acceptors (Lipinski definition) is 3. The van der Waals surface area contributed by atoms with Gasteiger partial charge in [-0.1, -0.05) is 46.3 Å². The van der Waals surface area contributed by atoms with Crippen LogP contribution in [0.2, 0.25) is 0 Å². The lowest BCUT2D eigenvalue weighted by Crippen LogP contribution is -1.97. The first-order chi connectivity index (χ1) is 11.7. The molecular weight excluding hydrogens is 364 g/mol. The number of fused-ring (bicyclic) bond motifs is 1. The highest BCUT2D eigenvalue weighted by Gasteiger charge is 2.12. The van der Waals surface area contributed by atoms with E-state index in [0.717, 1.165) is 33.2 Å². The van der Waals surface area contributed by atoms with E-state index >= 15 is 0 Å². The molecule has 0 atom stereocenters. The summed E-state index contributed by atoms with van der Waals surface area (Å²) in [5, 5.41) is 1.14. The Morgan fingerprint density at radius 2 is 1.88 bits per heavy atom. The summed E-state index contributed by atoms with van der Waals surface area (Å²) in [5.74, 6) is 0.284. The second-order valence-electron chi connectivity index (χ2n) is 5.62. The van der Waals surface area contributed by atoms with E-state index in [1.807, 2.05) is 12.1 Å². The van der Waals surface area contributed by atoms with Crippen molar-refractivity contribution in [3.05, 3.63) is 77.0 Å². The molecule has 4 rings (SSSR count). The van der Waals surface area contributed by atoms with Gasteiger partial charge < -0.3 is 10.3 Å². The fourth-order valence-corrected chi connectivity index (χ4v) is 3.27. The van der Waals surface area contributed by atoms with Crippen LogP contribution in [0.3, 0.4) is 0 Å². The summed E-state index contributed by atoms with van der Waals surface area (Å²) in [6.45, 7) is 0.805. The molecule has 4 aromatic rings. The van der Waals surface area contributed by atoms with Crippen molar-refractivity contribution in [1.82, 2.24) is 14.5 Å². The SMILES string of the molecule is Nc1nccc(-c2cn(Cc3ccccc3)c3ccc(Br)cc23)n1. The Hall–Kier alpha value is -2.66. The average molecular weight is 379 g/mol. The molecule has 2 heterocycles. The number of nitrogens with two attached hydrogens (primary N) is 1. The Bertz CT molecular complexity index is 1010. The third-order valence-electron chi connectivity index (χ3n) is 3.99. The second-order valence-corrected chi connectivity index (χ2v) is 6.53. The molecule has 2 aromatic heterocycles. The number of benzene rings is 2. The molecule has 0 amide bonds. The lowest BCUT2D eigenvalue weighted by molar-refractivity contribution is 0.837. The van der Waals surface area contributed by atoms with Crippen molar-refractivity contribution in [3.63, 3.8) is 0 Å². The standard InChI is InChI=1S/C19H15BrN4/c20-14-6-7-18-15(10-14)16(17-8-9-22-19(21)23-17)12-24(18)11-13-4-2-1-3-5-13/h1-10,12H,11H2,(H2,21,22,23). The van der Waals surface area contributed by atoms with E-state index in [4.69, 9.17) is 5.73 Å². The van der Waals surface area contributed by atoms with E-state index in [1.165, 1.54) is 5.56 Å². The molecule has 4 nitrogen and oxygen atoms in total. The summed E-state index contributed by atoms with van der Waals surface area (Å²) in [6, 6.07) is 18.6. The van der Waals surface area contributed by atoms with Crippen LogP contribution in [-0.4, -0.2) is 14.5 Å². The Morgan fingerprint density at radius 3 is 2.67 bits per heavy atom. The third-order valence-corrected chi connectivity index (χ3v) is 4.48. The molecule has 0 saturated heterocycles. The van der Waals surface area contributed by atoms with E-state index in [1.54, 1.807) is 6.20 Å². The van der Waals surface area contributed by atoms with Gasteiger partial charge in [0.15, 0.2) is 0 Å². The summed E-state index contributed by atoms with van der Waals surface area (Å²) in [4.78, 5) is 8.37. The third kappa shape index (κ3) is 2.78. The van der Waals surface area contributed by atoms with Gasteiger partial charge in [0.1, 0.15) is 0 Å². The van der Waals surface area contributed by atoms with E-state index in [0.29, 0.717) is 0 Å². The van der Waals surface area contributed by atoms with E-state index in [-0.39, 0.29) is 5.95 Å². The molecule has 5 heteroatoms. The van der Waals surface area contributed by atoms with Gasteiger partial charge in [-0.15, -0.1) is 0 Å². The zero-order valence-electron chi connectivity index (χ0n) is 12.9. The molecule has 0 radical (unpaired) electrons. The smallest absolute Gasteiger partial charge is 0.220 e. The molecule has 2 N–H and O–H groups in total. The molecule has 0 unspecified atom stereocenters. The maximum Gasteiger partial charge on any atom is 0.220 e. The van der Waals surface area contributed by atoms with Crippen LogP contribution < -0.4 is 5.73 Å². The predicted octanol–water partition coefficient (Wildman–Crippen LogP) is 4.49. The maximum atomic E-state index is 5.76. The van der Waals surface area contributed by atoms with E-state index in [9.17, 15) is 0 Å². The lowest BCUT2D eigenvalue weighted by Gasteiger charge is -2.05. The highest BCUT2D eigenvalue weighted by molar-refractivity contribution is 9.10. The number of aromatic nitrogens is 3. The monoisotopic (exact) mass is 378 g/mol. The normalized spacial score (nSPS) is 11.0. The number of nitrogen functional groups attached to an aromatic ring is 1. The first-order valence-corrected chi connectivity index (χ1v) is 8.41. The number of hydrogen-bond donors (Lipinski definition) is 1. The zero-order valence-corrected chi connectivity index (χ0v) is 14.4. The molecule has 2 aromatic carbocycles. The molecule has 0 aliphatic heterocycles. The van der Waals surface area contributed by atoms with Crippen LogP contribution >= 0.6 is 15.9 Å². The van der Waals surface area contributed by atoms with Crippen molar-refractivity contribution < 1.29 is 0 Å². The first-order valence-electron chi connectivity index (χ1n) is 7.62. The molecule has 0 saturated carbocycles. The van der Waals surface area contributed by atoms with Crippen molar-refractivity contribution in [2.75, 3.05) is 5.73 Å². The van der Waals surface area contributed by atoms with E-state index in [2.05, 4.69) is 79.1 Å². The molecular formula is C19H15BrN4. The predicted molar refractivity (Wildman–Crippen MR) is 101 cm³/mol. The molecule has 0 bridgehead atoms. The Labute approximate surface area is 148 Å². The van der Waals surface area contributed by atoms with Gasteiger partial charge in [0.2, 0.25) is 5.95 Å². The Balaban J connectivity index is 1.89. The maximum absolute atomic E-state index is 5.76. The minimum Gasteiger partial charge on any atom is -0.368 e. The fourth-order valence-electron chi connectivity index (χ4n) is 2.91. The first kappa shape index (κ1) is 14.9. The van der Waals surface area contributed by atoms with Crippen molar-refractivity contribution >= 4 is 32.8 Å². The highest BCUT2D eigenvalue weighted by atomic mass is 79.9. The molecule has 0 aliphatic carbocycles. The second kappa shape index (κ2) is 6.09. The van der Waals surface area contributed by atoms with Gasteiger partial charge in [-0.05, 0) is 29.8 Å². The van der Waals surface area contributed by atoms with Crippen molar-refractivity contribution in [2.45, 2.75) is 6.54 Å². The fraction of sp³-hybridized carbons (Fsp3) is 0.0526. The summed E-state index contributed by atoms with van der Waals surface area (Å²) >= 11 is 3.56. The largest absolute Gasteiger partial charge is 0.368 e. The van der Waals surface area contributed by atoms with Gasteiger partial charge >= 0.3 is 0 Å². The number of rotatable bonds is 3. The number of anilines is 1. The summed E-state index contributed by atoms with van der Waals surface area (Å²) in [6.07, 6.45) is 3.82. The quantitative estimate of drug-likeness (QED) is 0.571. The lowest BCUT2D eigenvalue weighted by atomic mass is 10.1. The van der Waals surface area contributed by atoms with Gasteiger partial charge in [0.25, 0.3) is 0 Å². The van der Waals surface area contributed by atoms with Crippen LogP contribution in [-0.2, 0) is 6.54 Å². The van der Waals surface area contributed by atoms with Crippen molar-refractivity contribution in [1.29, 1.82) is 0 Å². The van der Waals surface area contributed by atoms with Crippen LogP contribution in [0.5, 0.6) is 0 Å².